The first-order chi connectivity index (χ1) is 15.6. The number of carbonyl (C=O) groups is 1. The molecule has 2 aliphatic rings. The number of ether oxygens (including phenoxy) is 2. The van der Waals surface area contributed by atoms with Gasteiger partial charge in [0.25, 0.3) is 6.01 Å². The molecule has 0 atom stereocenters. The highest BCUT2D eigenvalue weighted by molar-refractivity contribution is 6.33. The molecular weight excluding hydrogens is 430 g/mol. The van der Waals surface area contributed by atoms with E-state index in [0.29, 0.717) is 35.5 Å². The van der Waals surface area contributed by atoms with Crippen LogP contribution < -0.4 is 9.64 Å². The molecule has 0 radical (unpaired) electrons. The van der Waals surface area contributed by atoms with Crippen molar-refractivity contribution in [1.82, 2.24) is 19.9 Å². The van der Waals surface area contributed by atoms with E-state index in [-0.39, 0.29) is 12.0 Å². The molecule has 2 aromatic heterocycles. The largest absolute Gasteiger partial charge is 0.461 e. The predicted octanol–water partition coefficient (Wildman–Crippen LogP) is 3.50. The molecule has 1 amide bonds. The number of benzene rings is 1. The molecule has 2 saturated heterocycles. The van der Waals surface area contributed by atoms with Crippen molar-refractivity contribution in [1.29, 1.82) is 0 Å². The average molecular weight is 456 g/mol. The maximum atomic E-state index is 11.5. The number of amides is 1. The number of imidazole rings is 1. The number of hydrogen-bond acceptors (Lipinski definition) is 6. The molecule has 1 aromatic carbocycles. The zero-order valence-corrected chi connectivity index (χ0v) is 18.8. The van der Waals surface area contributed by atoms with Crippen molar-refractivity contribution in [2.75, 3.05) is 44.3 Å². The van der Waals surface area contributed by atoms with Gasteiger partial charge in [-0.3, -0.25) is 4.79 Å². The lowest BCUT2D eigenvalue weighted by atomic mass is 10.1. The molecule has 3 aromatic rings. The highest BCUT2D eigenvalue weighted by Gasteiger charge is 2.23. The maximum absolute atomic E-state index is 11.5. The van der Waals surface area contributed by atoms with Crippen LogP contribution in [0.4, 0.5) is 5.69 Å². The Hall–Kier alpha value is -2.84. The van der Waals surface area contributed by atoms with Crippen LogP contribution in [-0.2, 0) is 9.53 Å². The van der Waals surface area contributed by atoms with Gasteiger partial charge in [0.1, 0.15) is 6.10 Å². The van der Waals surface area contributed by atoms with Crippen LogP contribution in [0.25, 0.3) is 22.4 Å². The molecule has 4 heterocycles. The van der Waals surface area contributed by atoms with Crippen molar-refractivity contribution in [3.05, 3.63) is 35.4 Å². The van der Waals surface area contributed by atoms with Gasteiger partial charge in [-0.1, -0.05) is 23.7 Å². The summed E-state index contributed by atoms with van der Waals surface area (Å²) in [6.07, 6.45) is 1.59. The number of aromatic nitrogens is 3. The number of fused-ring (bicyclic) bond motifs is 1. The number of nitrogens with one attached hydrogen (secondary N) is 1. The quantitative estimate of drug-likeness (QED) is 0.648. The number of likely N-dealkylation sites (tertiary alicyclic amines) is 1. The monoisotopic (exact) mass is 455 g/mol. The molecule has 0 spiro atoms. The van der Waals surface area contributed by atoms with Crippen LogP contribution >= 0.6 is 11.6 Å². The summed E-state index contributed by atoms with van der Waals surface area (Å²) in [6.45, 7) is 6.31. The molecule has 168 valence electrons. The number of aromatic amines is 1. The molecule has 0 saturated carbocycles. The third kappa shape index (κ3) is 4.38. The van der Waals surface area contributed by atoms with Crippen molar-refractivity contribution in [2.24, 2.45) is 0 Å². The molecule has 1 N–H and O–H groups in total. The molecule has 5 rings (SSSR count). The molecule has 0 bridgehead atoms. The van der Waals surface area contributed by atoms with Crippen molar-refractivity contribution < 1.29 is 14.3 Å². The van der Waals surface area contributed by atoms with Crippen molar-refractivity contribution in [3.8, 4) is 17.3 Å². The van der Waals surface area contributed by atoms with E-state index in [0.717, 1.165) is 50.2 Å². The smallest absolute Gasteiger partial charge is 0.296 e. The SMILES string of the molecule is CC(=O)N1CCC(Oc2nc3nc(-c4ccc(N5CCOCC5)cc4)c(Cl)cc3[nH]2)CC1. The van der Waals surface area contributed by atoms with Crippen LogP contribution in [0.2, 0.25) is 5.02 Å². The van der Waals surface area contributed by atoms with Crippen molar-refractivity contribution >= 4 is 34.4 Å². The van der Waals surface area contributed by atoms with E-state index < -0.39 is 0 Å². The van der Waals surface area contributed by atoms with Gasteiger partial charge >= 0.3 is 0 Å². The van der Waals surface area contributed by atoms with Gasteiger partial charge in [0.2, 0.25) is 5.91 Å². The van der Waals surface area contributed by atoms with E-state index >= 15 is 0 Å². The Morgan fingerprint density at radius 1 is 1.12 bits per heavy atom. The number of halogens is 1. The third-order valence-electron chi connectivity index (χ3n) is 6.09. The van der Waals surface area contributed by atoms with Crippen LogP contribution in [0.1, 0.15) is 19.8 Å². The summed E-state index contributed by atoms with van der Waals surface area (Å²) in [5.41, 5.74) is 4.11. The third-order valence-corrected chi connectivity index (χ3v) is 6.38. The van der Waals surface area contributed by atoms with Gasteiger partial charge in [-0.2, -0.15) is 4.98 Å². The molecule has 0 aliphatic carbocycles. The van der Waals surface area contributed by atoms with E-state index in [1.165, 1.54) is 5.69 Å². The Bertz CT molecular complexity index is 1100. The molecule has 0 unspecified atom stereocenters. The number of hydrogen-bond donors (Lipinski definition) is 1. The van der Waals surface area contributed by atoms with Crippen LogP contribution in [0.5, 0.6) is 6.01 Å². The first-order valence-corrected chi connectivity index (χ1v) is 11.4. The Morgan fingerprint density at radius 2 is 1.84 bits per heavy atom. The fourth-order valence-corrected chi connectivity index (χ4v) is 4.51. The Kier molecular flexibility index (Phi) is 5.89. The maximum Gasteiger partial charge on any atom is 0.296 e. The average Bonchev–Trinajstić information content (AvgIpc) is 3.20. The van der Waals surface area contributed by atoms with Crippen LogP contribution in [0, 0.1) is 0 Å². The summed E-state index contributed by atoms with van der Waals surface area (Å²) in [5, 5.41) is 0.557. The lowest BCUT2D eigenvalue weighted by Crippen LogP contribution is -2.40. The number of H-pyrrole nitrogens is 1. The first kappa shape index (κ1) is 21.0. The number of piperidine rings is 1. The number of morpholine rings is 1. The zero-order chi connectivity index (χ0) is 22.1. The highest BCUT2D eigenvalue weighted by atomic mass is 35.5. The van der Waals surface area contributed by atoms with Crippen LogP contribution in [-0.4, -0.2) is 71.3 Å². The van der Waals surface area contributed by atoms with Crippen LogP contribution in [0.15, 0.2) is 30.3 Å². The molecule has 32 heavy (non-hydrogen) atoms. The fourth-order valence-electron chi connectivity index (χ4n) is 4.25. The molecule has 2 fully saturated rings. The lowest BCUT2D eigenvalue weighted by molar-refractivity contribution is -0.130. The summed E-state index contributed by atoms with van der Waals surface area (Å²) < 4.78 is 11.5. The Labute approximate surface area is 191 Å². The van der Waals surface area contributed by atoms with Crippen molar-refractivity contribution in [2.45, 2.75) is 25.9 Å². The topological polar surface area (TPSA) is 83.6 Å². The zero-order valence-electron chi connectivity index (χ0n) is 18.0. The number of rotatable bonds is 4. The van der Waals surface area contributed by atoms with E-state index in [9.17, 15) is 4.79 Å². The standard InChI is InChI=1S/C23H26ClN5O3/c1-15(30)28-8-6-18(7-9-28)32-23-25-20-14-19(24)21(26-22(20)27-23)16-2-4-17(5-3-16)29-10-12-31-13-11-29/h2-5,14,18H,6-13H2,1H3,(H,25,26,27). The van der Waals surface area contributed by atoms with E-state index in [4.69, 9.17) is 26.1 Å². The van der Waals surface area contributed by atoms with E-state index in [1.54, 1.807) is 6.92 Å². The number of anilines is 1. The summed E-state index contributed by atoms with van der Waals surface area (Å²) in [4.78, 5) is 28.0. The molecule has 9 heteroatoms. The Morgan fingerprint density at radius 3 is 2.53 bits per heavy atom. The second kappa shape index (κ2) is 8.96. The minimum Gasteiger partial charge on any atom is -0.461 e. The van der Waals surface area contributed by atoms with Gasteiger partial charge in [-0.05, 0) is 18.2 Å². The van der Waals surface area contributed by atoms with Gasteiger partial charge in [0.05, 0.1) is 29.4 Å². The van der Waals surface area contributed by atoms with Gasteiger partial charge in [-0.15, -0.1) is 0 Å². The lowest BCUT2D eigenvalue weighted by Gasteiger charge is -2.30. The number of nitrogens with zero attached hydrogens (tertiary/aromatic N) is 4. The second-order valence-corrected chi connectivity index (χ2v) is 8.61. The van der Waals surface area contributed by atoms with E-state index in [2.05, 4.69) is 27.0 Å². The summed E-state index contributed by atoms with van der Waals surface area (Å²) in [5.74, 6) is 0.108. The first-order valence-electron chi connectivity index (χ1n) is 11.0. The number of pyridine rings is 1. The minimum atomic E-state index is 0.0221. The number of carbonyl (C=O) groups excluding carboxylic acids is 1. The second-order valence-electron chi connectivity index (χ2n) is 8.20. The van der Waals surface area contributed by atoms with Gasteiger partial charge in [0, 0.05) is 57.2 Å². The van der Waals surface area contributed by atoms with Gasteiger partial charge in [-0.25, -0.2) is 4.98 Å². The summed E-state index contributed by atoms with van der Waals surface area (Å²) >= 11 is 6.56. The van der Waals surface area contributed by atoms with E-state index in [1.807, 2.05) is 23.1 Å². The van der Waals surface area contributed by atoms with Gasteiger partial charge < -0.3 is 24.3 Å². The fraction of sp³-hybridized carbons (Fsp3) is 0.435. The van der Waals surface area contributed by atoms with Crippen molar-refractivity contribution in [3.63, 3.8) is 0 Å². The molecular formula is C23H26ClN5O3. The summed E-state index contributed by atoms with van der Waals surface area (Å²) in [6, 6.07) is 10.5. The summed E-state index contributed by atoms with van der Waals surface area (Å²) in [7, 11) is 0. The molecule has 2 aliphatic heterocycles. The van der Waals surface area contributed by atoms with Crippen LogP contribution in [0.3, 0.4) is 0 Å². The normalized spacial score (nSPS) is 17.7. The molecule has 8 nitrogen and oxygen atoms in total. The minimum absolute atomic E-state index is 0.0221. The predicted molar refractivity (Wildman–Crippen MR) is 123 cm³/mol. The van der Waals surface area contributed by atoms with Gasteiger partial charge in [0.15, 0.2) is 5.65 Å². The highest BCUT2D eigenvalue weighted by Crippen LogP contribution is 2.31. The Balaban J connectivity index is 1.32.